The van der Waals surface area contributed by atoms with E-state index in [0.29, 0.717) is 17.8 Å². The van der Waals surface area contributed by atoms with Gasteiger partial charge in [0.25, 0.3) is 5.56 Å². The first-order chi connectivity index (χ1) is 13.2. The van der Waals surface area contributed by atoms with Crippen LogP contribution in [0, 0.1) is 11.8 Å². The molecule has 0 aromatic carbocycles. The molecule has 2 unspecified atom stereocenters. The molecule has 0 radical (unpaired) electrons. The van der Waals surface area contributed by atoms with E-state index in [2.05, 4.69) is 30.8 Å². The summed E-state index contributed by atoms with van der Waals surface area (Å²) in [6, 6.07) is 3.73. The summed E-state index contributed by atoms with van der Waals surface area (Å²) < 4.78 is 1.66. The summed E-state index contributed by atoms with van der Waals surface area (Å²) >= 11 is 0. The molecular formula is C20H26N6O. The number of hydrogen-bond donors (Lipinski definition) is 0. The first kappa shape index (κ1) is 16.9. The molecule has 1 saturated carbocycles. The van der Waals surface area contributed by atoms with Crippen molar-refractivity contribution in [2.24, 2.45) is 18.9 Å². The van der Waals surface area contributed by atoms with Gasteiger partial charge in [-0.15, -0.1) is 0 Å². The van der Waals surface area contributed by atoms with E-state index in [-0.39, 0.29) is 5.56 Å². The molecule has 142 valence electrons. The highest BCUT2D eigenvalue weighted by Gasteiger charge is 2.40. The fraction of sp³-hybridized carbons (Fsp3) is 0.600. The number of nitrogens with zero attached hydrogens (tertiary/aromatic N) is 6. The molecule has 4 heterocycles. The SMILES string of the molecule is Cn1c(CN2CC3CN(c4cc(C5CCC5)ncn4)CC3C2)nccc1=O. The third kappa shape index (κ3) is 3.14. The Morgan fingerprint density at radius 2 is 1.85 bits per heavy atom. The van der Waals surface area contributed by atoms with Gasteiger partial charge in [-0.1, -0.05) is 6.42 Å². The summed E-state index contributed by atoms with van der Waals surface area (Å²) in [7, 11) is 1.80. The zero-order valence-corrected chi connectivity index (χ0v) is 15.8. The van der Waals surface area contributed by atoms with Gasteiger partial charge in [0.1, 0.15) is 18.0 Å². The number of fused-ring (bicyclic) bond motifs is 1. The van der Waals surface area contributed by atoms with Crippen LogP contribution in [-0.4, -0.2) is 50.6 Å². The average Bonchev–Trinajstić information content (AvgIpc) is 3.16. The average molecular weight is 366 g/mol. The van der Waals surface area contributed by atoms with E-state index in [1.165, 1.54) is 31.0 Å². The zero-order chi connectivity index (χ0) is 18.4. The van der Waals surface area contributed by atoms with Gasteiger partial charge in [-0.2, -0.15) is 0 Å². The highest BCUT2D eigenvalue weighted by Crippen LogP contribution is 2.37. The molecule has 2 aromatic rings. The van der Waals surface area contributed by atoms with Crippen molar-refractivity contribution >= 4 is 5.82 Å². The van der Waals surface area contributed by atoms with Crippen molar-refractivity contribution in [3.63, 3.8) is 0 Å². The molecular weight excluding hydrogens is 340 g/mol. The summed E-state index contributed by atoms with van der Waals surface area (Å²) in [6.07, 6.45) is 7.23. The summed E-state index contributed by atoms with van der Waals surface area (Å²) in [5, 5.41) is 0. The summed E-state index contributed by atoms with van der Waals surface area (Å²) in [5.41, 5.74) is 1.23. The Hall–Kier alpha value is -2.28. The summed E-state index contributed by atoms with van der Waals surface area (Å²) in [5.74, 6) is 3.91. The molecule has 2 saturated heterocycles. The lowest BCUT2D eigenvalue weighted by molar-refractivity contribution is 0.295. The lowest BCUT2D eigenvalue weighted by Gasteiger charge is -2.26. The summed E-state index contributed by atoms with van der Waals surface area (Å²) in [4.78, 5) is 30.1. The molecule has 27 heavy (non-hydrogen) atoms. The molecule has 3 fully saturated rings. The van der Waals surface area contributed by atoms with E-state index < -0.39 is 0 Å². The number of aromatic nitrogens is 4. The standard InChI is InChI=1S/C20H26N6O/c1-24-19(21-6-5-20(24)27)12-25-8-15-10-26(11-16(15)9-25)18-7-17(22-13-23-18)14-3-2-4-14/h5-7,13-16H,2-4,8-12H2,1H3. The molecule has 7 heteroatoms. The van der Waals surface area contributed by atoms with Gasteiger partial charge in [0.15, 0.2) is 0 Å². The van der Waals surface area contributed by atoms with Crippen LogP contribution in [0.2, 0.25) is 0 Å². The molecule has 0 amide bonds. The van der Waals surface area contributed by atoms with Crippen LogP contribution in [0.5, 0.6) is 0 Å². The van der Waals surface area contributed by atoms with E-state index in [9.17, 15) is 4.79 Å². The Morgan fingerprint density at radius 3 is 2.56 bits per heavy atom. The van der Waals surface area contributed by atoms with Crippen LogP contribution in [-0.2, 0) is 13.6 Å². The third-order valence-electron chi connectivity index (χ3n) is 6.61. The normalized spacial score (nSPS) is 25.6. The first-order valence-corrected chi connectivity index (χ1v) is 9.97. The lowest BCUT2D eigenvalue weighted by atomic mass is 9.83. The molecule has 0 N–H and O–H groups in total. The van der Waals surface area contributed by atoms with Crippen LogP contribution in [0.25, 0.3) is 0 Å². The molecule has 1 aliphatic carbocycles. The minimum Gasteiger partial charge on any atom is -0.356 e. The Bertz CT molecular complexity index is 878. The minimum atomic E-state index is 0.0107. The predicted molar refractivity (Wildman–Crippen MR) is 103 cm³/mol. The second kappa shape index (κ2) is 6.71. The van der Waals surface area contributed by atoms with Crippen molar-refractivity contribution in [2.45, 2.75) is 31.7 Å². The molecule has 2 atom stereocenters. The maximum atomic E-state index is 11.8. The number of rotatable bonds is 4. The van der Waals surface area contributed by atoms with Crippen molar-refractivity contribution in [3.8, 4) is 0 Å². The fourth-order valence-electron chi connectivity index (χ4n) is 4.73. The maximum Gasteiger partial charge on any atom is 0.253 e. The van der Waals surface area contributed by atoms with Crippen LogP contribution >= 0.6 is 0 Å². The lowest BCUT2D eigenvalue weighted by Crippen LogP contribution is -2.31. The van der Waals surface area contributed by atoms with Gasteiger partial charge >= 0.3 is 0 Å². The molecule has 3 aliphatic rings. The summed E-state index contributed by atoms with van der Waals surface area (Å²) in [6.45, 7) is 4.99. The topological polar surface area (TPSA) is 67.2 Å². The largest absolute Gasteiger partial charge is 0.356 e. The van der Waals surface area contributed by atoms with Gasteiger partial charge in [-0.25, -0.2) is 15.0 Å². The van der Waals surface area contributed by atoms with E-state index in [4.69, 9.17) is 0 Å². The van der Waals surface area contributed by atoms with Crippen LogP contribution < -0.4 is 10.5 Å². The van der Waals surface area contributed by atoms with Gasteiger partial charge in [0, 0.05) is 63.2 Å². The minimum absolute atomic E-state index is 0.0107. The smallest absolute Gasteiger partial charge is 0.253 e. The second-order valence-corrected chi connectivity index (χ2v) is 8.31. The highest BCUT2D eigenvalue weighted by molar-refractivity contribution is 5.42. The predicted octanol–water partition coefficient (Wildman–Crippen LogP) is 1.41. The van der Waals surface area contributed by atoms with Gasteiger partial charge in [0.05, 0.1) is 6.54 Å². The molecule has 0 spiro atoms. The molecule has 0 bridgehead atoms. The molecule has 7 nitrogen and oxygen atoms in total. The quantitative estimate of drug-likeness (QED) is 0.815. The zero-order valence-electron chi connectivity index (χ0n) is 15.8. The molecule has 2 aliphatic heterocycles. The van der Waals surface area contributed by atoms with Crippen molar-refractivity contribution in [1.82, 2.24) is 24.4 Å². The van der Waals surface area contributed by atoms with Gasteiger partial charge in [0.2, 0.25) is 0 Å². The fourth-order valence-corrected chi connectivity index (χ4v) is 4.73. The van der Waals surface area contributed by atoms with Crippen LogP contribution in [0.4, 0.5) is 5.82 Å². The second-order valence-electron chi connectivity index (χ2n) is 8.31. The van der Waals surface area contributed by atoms with Gasteiger partial charge in [-0.05, 0) is 24.7 Å². The van der Waals surface area contributed by atoms with Crippen molar-refractivity contribution in [2.75, 3.05) is 31.1 Å². The Labute approximate surface area is 159 Å². The van der Waals surface area contributed by atoms with Gasteiger partial charge < -0.3 is 4.90 Å². The Kier molecular flexibility index (Phi) is 4.19. The number of anilines is 1. The molecule has 2 aromatic heterocycles. The van der Waals surface area contributed by atoms with Crippen LogP contribution in [0.3, 0.4) is 0 Å². The van der Waals surface area contributed by atoms with E-state index >= 15 is 0 Å². The van der Waals surface area contributed by atoms with Crippen LogP contribution in [0.15, 0.2) is 29.5 Å². The van der Waals surface area contributed by atoms with Crippen LogP contribution in [0.1, 0.15) is 36.7 Å². The van der Waals surface area contributed by atoms with E-state index in [1.807, 2.05) is 0 Å². The van der Waals surface area contributed by atoms with Crippen molar-refractivity contribution in [3.05, 3.63) is 46.5 Å². The Balaban J connectivity index is 1.23. The van der Waals surface area contributed by atoms with Crippen molar-refractivity contribution in [1.29, 1.82) is 0 Å². The van der Waals surface area contributed by atoms with Crippen molar-refractivity contribution < 1.29 is 0 Å². The van der Waals surface area contributed by atoms with Gasteiger partial charge in [-0.3, -0.25) is 14.3 Å². The third-order valence-corrected chi connectivity index (χ3v) is 6.61. The number of hydrogen-bond acceptors (Lipinski definition) is 6. The highest BCUT2D eigenvalue weighted by atomic mass is 16.1. The monoisotopic (exact) mass is 366 g/mol. The molecule has 5 rings (SSSR count). The Morgan fingerprint density at radius 1 is 1.07 bits per heavy atom. The first-order valence-electron chi connectivity index (χ1n) is 9.97. The number of likely N-dealkylation sites (tertiary alicyclic amines) is 1. The van der Waals surface area contributed by atoms with E-state index in [0.717, 1.165) is 44.4 Å². The maximum absolute atomic E-state index is 11.8. The van der Waals surface area contributed by atoms with E-state index in [1.54, 1.807) is 24.1 Å².